The van der Waals surface area contributed by atoms with E-state index in [9.17, 15) is 4.79 Å². The summed E-state index contributed by atoms with van der Waals surface area (Å²) in [4.78, 5) is 10.9. The minimum Gasteiger partial charge on any atom is -0.300 e. The molecule has 0 fully saturated rings. The van der Waals surface area contributed by atoms with Crippen LogP contribution in [0.25, 0.3) is 0 Å². The van der Waals surface area contributed by atoms with Gasteiger partial charge in [0, 0.05) is 12.8 Å². The highest BCUT2D eigenvalue weighted by molar-refractivity contribution is 5.77. The lowest BCUT2D eigenvalue weighted by molar-refractivity contribution is -0.118. The first kappa shape index (κ1) is 10.7. The van der Waals surface area contributed by atoms with E-state index < -0.39 is 0 Å². The van der Waals surface area contributed by atoms with Crippen LogP contribution in [0.4, 0.5) is 0 Å². The lowest BCUT2D eigenvalue weighted by atomic mass is 9.89. The summed E-state index contributed by atoms with van der Waals surface area (Å²) in [6.45, 7) is 8.57. The van der Waals surface area contributed by atoms with Gasteiger partial charge in [-0.25, -0.2) is 0 Å². The maximum absolute atomic E-state index is 10.9. The molecule has 1 nitrogen and oxygen atoms in total. The maximum Gasteiger partial charge on any atom is 0.132 e. The van der Waals surface area contributed by atoms with Crippen molar-refractivity contribution < 1.29 is 4.79 Å². The van der Waals surface area contributed by atoms with Gasteiger partial charge in [0.05, 0.1) is 0 Å². The van der Waals surface area contributed by atoms with Gasteiger partial charge in [0.1, 0.15) is 5.78 Å². The van der Waals surface area contributed by atoms with Crippen molar-refractivity contribution in [2.45, 2.75) is 53.4 Å². The van der Waals surface area contributed by atoms with E-state index in [0.717, 1.165) is 19.3 Å². The van der Waals surface area contributed by atoms with Crippen molar-refractivity contribution in [1.82, 2.24) is 0 Å². The summed E-state index contributed by atoms with van der Waals surface area (Å²) in [5.41, 5.74) is 0.383. The Morgan fingerprint density at radius 3 is 2.18 bits per heavy atom. The number of hydrogen-bond acceptors (Lipinski definition) is 1. The SMILES string of the molecule is CCC(=O)CCCC(C)(C)C. The zero-order valence-electron chi connectivity index (χ0n) is 8.24. The van der Waals surface area contributed by atoms with E-state index in [0.29, 0.717) is 17.6 Å². The van der Waals surface area contributed by atoms with Crippen LogP contribution in [0.5, 0.6) is 0 Å². The molecule has 0 heterocycles. The van der Waals surface area contributed by atoms with Gasteiger partial charge in [0.25, 0.3) is 0 Å². The quantitative estimate of drug-likeness (QED) is 0.611. The molecular weight excluding hydrogens is 136 g/mol. The fourth-order valence-electron chi connectivity index (χ4n) is 0.993. The first-order chi connectivity index (χ1) is 4.95. The molecule has 0 aromatic heterocycles. The highest BCUT2D eigenvalue weighted by Crippen LogP contribution is 2.21. The van der Waals surface area contributed by atoms with Gasteiger partial charge in [-0.1, -0.05) is 27.7 Å². The molecule has 0 unspecified atom stereocenters. The van der Waals surface area contributed by atoms with Crippen LogP contribution >= 0.6 is 0 Å². The Hall–Kier alpha value is -0.330. The van der Waals surface area contributed by atoms with E-state index in [1.807, 2.05) is 6.92 Å². The molecule has 0 aliphatic carbocycles. The lowest BCUT2D eigenvalue weighted by Gasteiger charge is -2.16. The van der Waals surface area contributed by atoms with Gasteiger partial charge < -0.3 is 0 Å². The third kappa shape index (κ3) is 7.57. The lowest BCUT2D eigenvalue weighted by Crippen LogP contribution is -2.05. The van der Waals surface area contributed by atoms with Crippen molar-refractivity contribution in [2.24, 2.45) is 5.41 Å². The van der Waals surface area contributed by atoms with Gasteiger partial charge in [0.2, 0.25) is 0 Å². The highest BCUT2D eigenvalue weighted by Gasteiger charge is 2.09. The van der Waals surface area contributed by atoms with E-state index >= 15 is 0 Å². The van der Waals surface area contributed by atoms with Gasteiger partial charge in [-0.05, 0) is 18.3 Å². The highest BCUT2D eigenvalue weighted by atomic mass is 16.1. The number of carbonyl (C=O) groups excluding carboxylic acids is 1. The number of Topliss-reactive ketones (excluding diaryl/α,β-unsaturated/α-hetero) is 1. The predicted molar refractivity (Wildman–Crippen MR) is 48.6 cm³/mol. The molecule has 0 radical (unpaired) electrons. The van der Waals surface area contributed by atoms with Gasteiger partial charge in [0.15, 0.2) is 0 Å². The Kier molecular flexibility index (Phi) is 4.39. The number of hydrogen-bond donors (Lipinski definition) is 0. The molecule has 0 spiro atoms. The summed E-state index contributed by atoms with van der Waals surface area (Å²) >= 11 is 0. The summed E-state index contributed by atoms with van der Waals surface area (Å²) in [5, 5.41) is 0. The number of rotatable bonds is 4. The Balaban J connectivity index is 3.35. The standard InChI is InChI=1S/C10H20O/c1-5-9(11)7-6-8-10(2,3)4/h5-8H2,1-4H3. The number of ketones is 1. The molecule has 0 rings (SSSR count). The number of carbonyl (C=O) groups is 1. The molecule has 1 heteroatoms. The molecule has 0 bridgehead atoms. The second-order valence-corrected chi connectivity index (χ2v) is 4.31. The molecule has 66 valence electrons. The van der Waals surface area contributed by atoms with Crippen LogP contribution in [0.1, 0.15) is 53.4 Å². The van der Waals surface area contributed by atoms with Crippen LogP contribution in [0.3, 0.4) is 0 Å². The fourth-order valence-corrected chi connectivity index (χ4v) is 0.993. The van der Waals surface area contributed by atoms with Crippen LogP contribution in [0.2, 0.25) is 0 Å². The average molecular weight is 156 g/mol. The summed E-state index contributed by atoms with van der Waals surface area (Å²) in [6, 6.07) is 0. The van der Waals surface area contributed by atoms with Crippen molar-refractivity contribution in [3.05, 3.63) is 0 Å². The third-order valence-electron chi connectivity index (χ3n) is 1.78. The first-order valence-electron chi connectivity index (χ1n) is 4.47. The molecule has 0 saturated heterocycles. The second kappa shape index (κ2) is 4.53. The molecule has 0 aliphatic rings. The van der Waals surface area contributed by atoms with Gasteiger partial charge in [-0.2, -0.15) is 0 Å². The molecule has 0 N–H and O–H groups in total. The van der Waals surface area contributed by atoms with Gasteiger partial charge in [-0.3, -0.25) is 4.79 Å². The van der Waals surface area contributed by atoms with Crippen LogP contribution in [-0.4, -0.2) is 5.78 Å². The summed E-state index contributed by atoms with van der Waals surface area (Å²) in [5.74, 6) is 0.397. The van der Waals surface area contributed by atoms with Crippen molar-refractivity contribution >= 4 is 5.78 Å². The molecule has 0 amide bonds. The fraction of sp³-hybridized carbons (Fsp3) is 0.900. The van der Waals surface area contributed by atoms with Crippen molar-refractivity contribution in [2.75, 3.05) is 0 Å². The summed E-state index contributed by atoms with van der Waals surface area (Å²) in [6.07, 6.45) is 3.67. The van der Waals surface area contributed by atoms with Crippen LogP contribution in [0.15, 0.2) is 0 Å². The molecule has 0 atom stereocenters. The topological polar surface area (TPSA) is 17.1 Å². The van der Waals surface area contributed by atoms with Gasteiger partial charge in [-0.15, -0.1) is 0 Å². The van der Waals surface area contributed by atoms with E-state index in [2.05, 4.69) is 20.8 Å². The zero-order valence-corrected chi connectivity index (χ0v) is 8.24. The normalized spacial score (nSPS) is 11.6. The second-order valence-electron chi connectivity index (χ2n) is 4.31. The maximum atomic E-state index is 10.9. The Morgan fingerprint density at radius 2 is 1.82 bits per heavy atom. The molecule has 0 aromatic carbocycles. The van der Waals surface area contributed by atoms with E-state index in [-0.39, 0.29) is 0 Å². The summed E-state index contributed by atoms with van der Waals surface area (Å²) in [7, 11) is 0. The smallest absolute Gasteiger partial charge is 0.132 e. The Labute approximate surface area is 70.2 Å². The van der Waals surface area contributed by atoms with Crippen LogP contribution in [-0.2, 0) is 4.79 Å². The zero-order chi connectivity index (χ0) is 8.91. The minimum atomic E-state index is 0.383. The Bertz CT molecular complexity index is 119. The Morgan fingerprint density at radius 1 is 1.27 bits per heavy atom. The van der Waals surface area contributed by atoms with Gasteiger partial charge >= 0.3 is 0 Å². The molecule has 11 heavy (non-hydrogen) atoms. The summed E-state index contributed by atoms with van der Waals surface area (Å²) < 4.78 is 0. The van der Waals surface area contributed by atoms with Crippen molar-refractivity contribution in [3.8, 4) is 0 Å². The average Bonchev–Trinajstić information content (AvgIpc) is 1.85. The van der Waals surface area contributed by atoms with Crippen LogP contribution < -0.4 is 0 Å². The first-order valence-corrected chi connectivity index (χ1v) is 4.47. The van der Waals surface area contributed by atoms with Crippen LogP contribution in [0, 0.1) is 5.41 Å². The molecular formula is C10H20O. The predicted octanol–water partition coefficient (Wildman–Crippen LogP) is 3.18. The third-order valence-corrected chi connectivity index (χ3v) is 1.78. The van der Waals surface area contributed by atoms with Crippen molar-refractivity contribution in [1.29, 1.82) is 0 Å². The largest absolute Gasteiger partial charge is 0.300 e. The minimum absolute atomic E-state index is 0.383. The van der Waals surface area contributed by atoms with E-state index in [1.165, 1.54) is 0 Å². The van der Waals surface area contributed by atoms with E-state index in [1.54, 1.807) is 0 Å². The molecule has 0 saturated carbocycles. The molecule has 0 aliphatic heterocycles. The van der Waals surface area contributed by atoms with E-state index in [4.69, 9.17) is 0 Å². The molecule has 0 aromatic rings. The van der Waals surface area contributed by atoms with Crippen molar-refractivity contribution in [3.63, 3.8) is 0 Å². The monoisotopic (exact) mass is 156 g/mol.